The predicted octanol–water partition coefficient (Wildman–Crippen LogP) is 1.76. The molecule has 4 nitrogen and oxygen atoms in total. The van der Waals surface area contributed by atoms with E-state index < -0.39 is 10.0 Å². The first kappa shape index (κ1) is 11.9. The summed E-state index contributed by atoms with van der Waals surface area (Å²) in [7, 11) is -0.495. The average Bonchev–Trinajstić information content (AvgIpc) is 2.37. The molecule has 2 rings (SSSR count). The lowest BCUT2D eigenvalue weighted by Crippen LogP contribution is -2.18. The van der Waals surface area contributed by atoms with Gasteiger partial charge in [0.2, 0.25) is 10.0 Å². The summed E-state index contributed by atoms with van der Waals surface area (Å²) >= 11 is 0. The Kier molecular flexibility index (Phi) is 3.04. The molecule has 0 saturated heterocycles. The molecule has 0 unspecified atom stereocenters. The molecule has 1 N–H and O–H groups in total. The number of nitrogens with one attached hydrogen (secondary N) is 1. The molecule has 90 valence electrons. The van der Waals surface area contributed by atoms with Crippen LogP contribution in [-0.4, -0.2) is 22.6 Å². The number of ether oxygens (including phenoxy) is 1. The van der Waals surface area contributed by atoms with Crippen LogP contribution in [0.3, 0.4) is 0 Å². The highest BCUT2D eigenvalue weighted by Gasteiger charge is 2.16. The van der Waals surface area contributed by atoms with Crippen LogP contribution in [0, 0.1) is 0 Å². The highest BCUT2D eigenvalue weighted by molar-refractivity contribution is 7.89. The summed E-state index contributed by atoms with van der Waals surface area (Å²) in [4.78, 5) is 0.261. The normalized spacial score (nSPS) is 11.6. The zero-order chi connectivity index (χ0) is 12.5. The van der Waals surface area contributed by atoms with Gasteiger partial charge in [0, 0.05) is 10.8 Å². The minimum atomic E-state index is -3.46. The smallest absolute Gasteiger partial charge is 0.240 e. The van der Waals surface area contributed by atoms with Gasteiger partial charge in [-0.15, -0.1) is 0 Å². The Morgan fingerprint density at radius 3 is 2.29 bits per heavy atom. The number of hydrogen-bond acceptors (Lipinski definition) is 3. The number of rotatable bonds is 3. The number of methoxy groups -OCH3 is 1. The predicted molar refractivity (Wildman–Crippen MR) is 66.7 cm³/mol. The second kappa shape index (κ2) is 4.35. The van der Waals surface area contributed by atoms with Gasteiger partial charge in [0.1, 0.15) is 5.75 Å². The Morgan fingerprint density at radius 2 is 1.71 bits per heavy atom. The largest absolute Gasteiger partial charge is 0.496 e. The van der Waals surface area contributed by atoms with Crippen LogP contribution >= 0.6 is 0 Å². The van der Waals surface area contributed by atoms with E-state index in [-0.39, 0.29) is 4.90 Å². The molecule has 0 amide bonds. The van der Waals surface area contributed by atoms with E-state index in [0.717, 1.165) is 5.39 Å². The Morgan fingerprint density at radius 1 is 1.06 bits per heavy atom. The van der Waals surface area contributed by atoms with E-state index in [1.165, 1.54) is 7.05 Å². The second-order valence-corrected chi connectivity index (χ2v) is 5.37. The van der Waals surface area contributed by atoms with E-state index in [1.807, 2.05) is 12.1 Å². The third-order valence-electron chi connectivity index (χ3n) is 2.62. The third kappa shape index (κ3) is 1.99. The first-order valence-electron chi connectivity index (χ1n) is 5.09. The number of hydrogen-bond donors (Lipinski definition) is 1. The quantitative estimate of drug-likeness (QED) is 0.904. The molecule has 2 aromatic carbocycles. The zero-order valence-corrected chi connectivity index (χ0v) is 10.4. The highest BCUT2D eigenvalue weighted by Crippen LogP contribution is 2.30. The van der Waals surface area contributed by atoms with E-state index in [4.69, 9.17) is 4.74 Å². The van der Waals surface area contributed by atoms with Gasteiger partial charge < -0.3 is 4.74 Å². The summed E-state index contributed by atoms with van der Waals surface area (Å²) < 4.78 is 31.3. The number of sulfonamides is 1. The Hall–Kier alpha value is -1.59. The monoisotopic (exact) mass is 251 g/mol. The molecule has 0 bridgehead atoms. The van der Waals surface area contributed by atoms with E-state index in [2.05, 4.69) is 4.72 Å². The standard InChI is InChI=1S/C12H13NO3S/c1-13-17(14,15)12-8-7-11(16-2)9-5-3-4-6-10(9)12/h3-8,13H,1-2H3. The molecule has 5 heteroatoms. The average molecular weight is 251 g/mol. The molecular formula is C12H13NO3S. The van der Waals surface area contributed by atoms with Crippen molar-refractivity contribution in [3.8, 4) is 5.75 Å². The summed E-state index contributed by atoms with van der Waals surface area (Å²) in [5, 5.41) is 1.44. The van der Waals surface area contributed by atoms with E-state index >= 15 is 0 Å². The van der Waals surface area contributed by atoms with Crippen LogP contribution in [0.1, 0.15) is 0 Å². The third-order valence-corrected chi connectivity index (χ3v) is 4.09. The summed E-state index contributed by atoms with van der Waals surface area (Å²) in [5.74, 6) is 0.663. The SMILES string of the molecule is CNS(=O)(=O)c1ccc(OC)c2ccccc12. The first-order chi connectivity index (χ1) is 8.10. The van der Waals surface area contributed by atoms with Crippen molar-refractivity contribution in [1.29, 1.82) is 0 Å². The van der Waals surface area contributed by atoms with Crippen LogP contribution in [0.5, 0.6) is 5.75 Å². The fourth-order valence-electron chi connectivity index (χ4n) is 1.77. The molecule has 0 aliphatic heterocycles. The molecule has 2 aromatic rings. The van der Waals surface area contributed by atoms with Crippen LogP contribution in [0.15, 0.2) is 41.3 Å². The van der Waals surface area contributed by atoms with Gasteiger partial charge in [-0.2, -0.15) is 0 Å². The molecule has 0 fully saturated rings. The van der Waals surface area contributed by atoms with Crippen molar-refractivity contribution in [3.63, 3.8) is 0 Å². The molecule has 0 radical (unpaired) electrons. The van der Waals surface area contributed by atoms with Crippen molar-refractivity contribution in [2.24, 2.45) is 0 Å². The lowest BCUT2D eigenvalue weighted by molar-refractivity contribution is 0.419. The molecule has 0 aliphatic carbocycles. The summed E-state index contributed by atoms with van der Waals surface area (Å²) in [6.07, 6.45) is 0. The number of fused-ring (bicyclic) bond motifs is 1. The fourth-order valence-corrected chi connectivity index (χ4v) is 2.70. The van der Waals surface area contributed by atoms with Gasteiger partial charge in [-0.1, -0.05) is 24.3 Å². The molecule has 0 aliphatic rings. The molecule has 0 atom stereocenters. The molecule has 0 spiro atoms. The van der Waals surface area contributed by atoms with Gasteiger partial charge in [0.05, 0.1) is 12.0 Å². The lowest BCUT2D eigenvalue weighted by atomic mass is 10.1. The minimum Gasteiger partial charge on any atom is -0.496 e. The van der Waals surface area contributed by atoms with Gasteiger partial charge in [0.15, 0.2) is 0 Å². The van der Waals surface area contributed by atoms with Crippen molar-refractivity contribution in [2.75, 3.05) is 14.2 Å². The minimum absolute atomic E-state index is 0.261. The topological polar surface area (TPSA) is 55.4 Å². The van der Waals surface area contributed by atoms with E-state index in [0.29, 0.717) is 11.1 Å². The van der Waals surface area contributed by atoms with Gasteiger partial charge >= 0.3 is 0 Å². The van der Waals surface area contributed by atoms with Crippen molar-refractivity contribution >= 4 is 20.8 Å². The number of benzene rings is 2. The van der Waals surface area contributed by atoms with Crippen molar-refractivity contribution in [1.82, 2.24) is 4.72 Å². The van der Waals surface area contributed by atoms with Crippen molar-refractivity contribution in [2.45, 2.75) is 4.90 Å². The van der Waals surface area contributed by atoms with Crippen molar-refractivity contribution < 1.29 is 13.2 Å². The van der Waals surface area contributed by atoms with Crippen LogP contribution in [0.2, 0.25) is 0 Å². The second-order valence-electron chi connectivity index (χ2n) is 3.52. The fraction of sp³-hybridized carbons (Fsp3) is 0.167. The van der Waals surface area contributed by atoms with Gasteiger partial charge in [0.25, 0.3) is 0 Å². The Balaban J connectivity index is 2.85. The lowest BCUT2D eigenvalue weighted by Gasteiger charge is -2.10. The first-order valence-corrected chi connectivity index (χ1v) is 6.58. The molecule has 17 heavy (non-hydrogen) atoms. The van der Waals surface area contributed by atoms with Crippen LogP contribution < -0.4 is 9.46 Å². The summed E-state index contributed by atoms with van der Waals surface area (Å²) in [5.41, 5.74) is 0. The zero-order valence-electron chi connectivity index (χ0n) is 9.60. The molecular weight excluding hydrogens is 238 g/mol. The molecule has 0 heterocycles. The van der Waals surface area contributed by atoms with Gasteiger partial charge in [-0.25, -0.2) is 13.1 Å². The van der Waals surface area contributed by atoms with Gasteiger partial charge in [-0.05, 0) is 19.2 Å². The molecule has 0 saturated carbocycles. The summed E-state index contributed by atoms with van der Waals surface area (Å²) in [6, 6.07) is 10.5. The van der Waals surface area contributed by atoms with E-state index in [9.17, 15) is 8.42 Å². The van der Waals surface area contributed by atoms with Crippen LogP contribution in [0.25, 0.3) is 10.8 Å². The summed E-state index contributed by atoms with van der Waals surface area (Å²) in [6.45, 7) is 0. The maximum absolute atomic E-state index is 11.9. The highest BCUT2D eigenvalue weighted by atomic mass is 32.2. The Bertz CT molecular complexity index is 650. The van der Waals surface area contributed by atoms with Gasteiger partial charge in [-0.3, -0.25) is 0 Å². The molecule has 0 aromatic heterocycles. The Labute approximate surface area is 100 Å². The van der Waals surface area contributed by atoms with Crippen LogP contribution in [-0.2, 0) is 10.0 Å². The maximum Gasteiger partial charge on any atom is 0.240 e. The van der Waals surface area contributed by atoms with Crippen molar-refractivity contribution in [3.05, 3.63) is 36.4 Å². The van der Waals surface area contributed by atoms with E-state index in [1.54, 1.807) is 31.4 Å². The maximum atomic E-state index is 11.9. The van der Waals surface area contributed by atoms with Crippen LogP contribution in [0.4, 0.5) is 0 Å².